The smallest absolute Gasteiger partial charge is 0.335 e. The summed E-state index contributed by atoms with van der Waals surface area (Å²) >= 11 is 0. The molecule has 1 rings (SSSR count). The number of ether oxygens (including phenoxy) is 2. The zero-order chi connectivity index (χ0) is 15.3. The number of carboxylic acids is 1. The fourth-order valence-electron chi connectivity index (χ4n) is 1.39. The minimum absolute atomic E-state index is 0.0406. The van der Waals surface area contributed by atoms with Gasteiger partial charge in [0.05, 0.1) is 12.7 Å². The SMILES string of the molecule is CONc1cc(C(=O)O)cc(OC(C)=O)c1OC(C)=O. The van der Waals surface area contributed by atoms with Crippen LogP contribution in [0.2, 0.25) is 0 Å². The van der Waals surface area contributed by atoms with Crippen LogP contribution in [-0.2, 0) is 14.4 Å². The van der Waals surface area contributed by atoms with Gasteiger partial charge in [0.1, 0.15) is 5.69 Å². The molecule has 0 aliphatic carbocycles. The molecular weight excluding hydrogens is 270 g/mol. The van der Waals surface area contributed by atoms with Gasteiger partial charge in [-0.25, -0.2) is 4.79 Å². The average molecular weight is 283 g/mol. The highest BCUT2D eigenvalue weighted by molar-refractivity contribution is 5.92. The minimum Gasteiger partial charge on any atom is -0.478 e. The summed E-state index contributed by atoms with van der Waals surface area (Å²) in [6.45, 7) is 2.29. The van der Waals surface area contributed by atoms with Crippen molar-refractivity contribution < 1.29 is 33.8 Å². The first-order valence-corrected chi connectivity index (χ1v) is 5.42. The van der Waals surface area contributed by atoms with Crippen LogP contribution in [0.5, 0.6) is 11.5 Å². The number of anilines is 1. The highest BCUT2D eigenvalue weighted by Gasteiger charge is 2.19. The molecule has 0 radical (unpaired) electrons. The summed E-state index contributed by atoms with van der Waals surface area (Å²) in [4.78, 5) is 37.8. The van der Waals surface area contributed by atoms with Gasteiger partial charge in [0, 0.05) is 13.8 Å². The number of aromatic carboxylic acids is 1. The molecule has 0 saturated heterocycles. The Kier molecular flexibility index (Phi) is 5.04. The Balaban J connectivity index is 3.43. The first-order chi connectivity index (χ1) is 9.35. The fourth-order valence-corrected chi connectivity index (χ4v) is 1.39. The van der Waals surface area contributed by atoms with Gasteiger partial charge in [-0.2, -0.15) is 0 Å². The molecule has 8 heteroatoms. The van der Waals surface area contributed by atoms with E-state index in [0.717, 1.165) is 19.9 Å². The van der Waals surface area contributed by atoms with Crippen LogP contribution in [0.4, 0.5) is 5.69 Å². The zero-order valence-corrected chi connectivity index (χ0v) is 11.1. The fraction of sp³-hybridized carbons (Fsp3) is 0.250. The van der Waals surface area contributed by atoms with Gasteiger partial charge in [-0.3, -0.25) is 19.9 Å². The molecule has 0 aromatic heterocycles. The van der Waals surface area contributed by atoms with Crippen molar-refractivity contribution in [1.29, 1.82) is 0 Å². The molecule has 0 aliphatic rings. The number of hydrogen-bond acceptors (Lipinski definition) is 7. The topological polar surface area (TPSA) is 111 Å². The first-order valence-electron chi connectivity index (χ1n) is 5.42. The third kappa shape index (κ3) is 3.95. The van der Waals surface area contributed by atoms with Crippen LogP contribution in [0.1, 0.15) is 24.2 Å². The first kappa shape index (κ1) is 15.4. The molecule has 20 heavy (non-hydrogen) atoms. The number of carbonyl (C=O) groups excluding carboxylic acids is 2. The van der Waals surface area contributed by atoms with Crippen LogP contribution < -0.4 is 15.0 Å². The quantitative estimate of drug-likeness (QED) is 0.471. The van der Waals surface area contributed by atoms with Crippen LogP contribution in [0, 0.1) is 0 Å². The lowest BCUT2D eigenvalue weighted by molar-refractivity contribution is -0.134. The van der Waals surface area contributed by atoms with E-state index in [0.29, 0.717) is 0 Å². The van der Waals surface area contributed by atoms with Crippen LogP contribution in [0.25, 0.3) is 0 Å². The molecule has 0 unspecified atom stereocenters. The number of benzene rings is 1. The van der Waals surface area contributed by atoms with Gasteiger partial charge in [0.15, 0.2) is 11.5 Å². The number of carboxylic acid groups (broad SMARTS) is 1. The summed E-state index contributed by atoms with van der Waals surface area (Å²) in [5, 5.41) is 8.99. The van der Waals surface area contributed by atoms with Crippen molar-refractivity contribution in [2.24, 2.45) is 0 Å². The predicted octanol–water partition coefficient (Wildman–Crippen LogP) is 1.21. The van der Waals surface area contributed by atoms with E-state index in [-0.39, 0.29) is 22.7 Å². The normalized spacial score (nSPS) is 9.75. The average Bonchev–Trinajstić information content (AvgIpc) is 2.31. The molecule has 0 atom stereocenters. The molecule has 8 nitrogen and oxygen atoms in total. The number of nitrogens with one attached hydrogen (secondary N) is 1. The van der Waals surface area contributed by atoms with E-state index >= 15 is 0 Å². The Hall–Kier alpha value is -2.61. The molecule has 0 fully saturated rings. The molecule has 0 amide bonds. The van der Waals surface area contributed by atoms with Gasteiger partial charge in [-0.15, -0.1) is 0 Å². The largest absolute Gasteiger partial charge is 0.478 e. The Labute approximate surface area is 114 Å². The number of carbonyl (C=O) groups is 3. The summed E-state index contributed by atoms with van der Waals surface area (Å²) in [5.41, 5.74) is 2.23. The summed E-state index contributed by atoms with van der Waals surface area (Å²) in [6, 6.07) is 2.25. The van der Waals surface area contributed by atoms with E-state index in [9.17, 15) is 14.4 Å². The van der Waals surface area contributed by atoms with Gasteiger partial charge >= 0.3 is 17.9 Å². The Bertz CT molecular complexity index is 553. The lowest BCUT2D eigenvalue weighted by Crippen LogP contribution is -2.11. The maximum atomic E-state index is 11.1. The van der Waals surface area contributed by atoms with Crippen molar-refractivity contribution >= 4 is 23.6 Å². The van der Waals surface area contributed by atoms with E-state index in [4.69, 9.17) is 14.6 Å². The van der Waals surface area contributed by atoms with Crippen molar-refractivity contribution in [3.05, 3.63) is 17.7 Å². The summed E-state index contributed by atoms with van der Waals surface area (Å²) in [7, 11) is 1.29. The maximum Gasteiger partial charge on any atom is 0.335 e. The summed E-state index contributed by atoms with van der Waals surface area (Å²) in [5.74, 6) is -2.94. The van der Waals surface area contributed by atoms with Crippen molar-refractivity contribution in [3.63, 3.8) is 0 Å². The van der Waals surface area contributed by atoms with E-state index < -0.39 is 17.9 Å². The van der Waals surface area contributed by atoms with Gasteiger partial charge in [0.2, 0.25) is 0 Å². The van der Waals surface area contributed by atoms with E-state index in [2.05, 4.69) is 10.3 Å². The Morgan fingerprint density at radius 2 is 1.70 bits per heavy atom. The van der Waals surface area contributed by atoms with Crippen molar-refractivity contribution in [2.75, 3.05) is 12.6 Å². The summed E-state index contributed by atoms with van der Waals surface area (Å²) in [6.07, 6.45) is 0. The lowest BCUT2D eigenvalue weighted by Gasteiger charge is -2.14. The van der Waals surface area contributed by atoms with Gasteiger partial charge in [-0.1, -0.05) is 0 Å². The van der Waals surface area contributed by atoms with Crippen LogP contribution in [-0.4, -0.2) is 30.1 Å². The van der Waals surface area contributed by atoms with Gasteiger partial charge in [-0.05, 0) is 12.1 Å². The molecule has 0 heterocycles. The van der Waals surface area contributed by atoms with Gasteiger partial charge in [0.25, 0.3) is 0 Å². The van der Waals surface area contributed by atoms with Crippen LogP contribution >= 0.6 is 0 Å². The number of rotatable bonds is 5. The third-order valence-electron chi connectivity index (χ3n) is 2.01. The third-order valence-corrected chi connectivity index (χ3v) is 2.01. The molecule has 0 bridgehead atoms. The molecule has 0 saturated carbocycles. The minimum atomic E-state index is -1.24. The van der Waals surface area contributed by atoms with E-state index in [1.54, 1.807) is 0 Å². The monoisotopic (exact) mass is 283 g/mol. The highest BCUT2D eigenvalue weighted by atomic mass is 16.6. The second-order valence-electron chi connectivity index (χ2n) is 3.65. The predicted molar refractivity (Wildman–Crippen MR) is 66.7 cm³/mol. The standard InChI is InChI=1S/C12H13NO7/c1-6(14)19-10-5-8(12(16)17)4-9(13-18-3)11(10)20-7(2)15/h4-5,13H,1-3H3,(H,16,17). The van der Waals surface area contributed by atoms with Crippen molar-refractivity contribution in [2.45, 2.75) is 13.8 Å². The summed E-state index contributed by atoms with van der Waals surface area (Å²) < 4.78 is 9.76. The second kappa shape index (κ2) is 6.53. The second-order valence-corrected chi connectivity index (χ2v) is 3.65. The molecule has 1 aromatic carbocycles. The molecule has 0 spiro atoms. The van der Waals surface area contributed by atoms with Crippen molar-refractivity contribution in [1.82, 2.24) is 0 Å². The lowest BCUT2D eigenvalue weighted by atomic mass is 10.1. The molecule has 1 aromatic rings. The number of hydrogen-bond donors (Lipinski definition) is 2. The number of esters is 2. The van der Waals surface area contributed by atoms with Crippen molar-refractivity contribution in [3.8, 4) is 11.5 Å². The Morgan fingerprint density at radius 3 is 2.15 bits per heavy atom. The van der Waals surface area contributed by atoms with Crippen LogP contribution in [0.15, 0.2) is 12.1 Å². The molecule has 0 aliphatic heterocycles. The van der Waals surface area contributed by atoms with E-state index in [1.165, 1.54) is 13.2 Å². The molecular formula is C12H13NO7. The molecule has 2 N–H and O–H groups in total. The van der Waals surface area contributed by atoms with E-state index in [1.807, 2.05) is 0 Å². The molecule has 108 valence electrons. The van der Waals surface area contributed by atoms with Crippen LogP contribution in [0.3, 0.4) is 0 Å². The van der Waals surface area contributed by atoms with Gasteiger partial charge < -0.3 is 14.6 Å². The zero-order valence-electron chi connectivity index (χ0n) is 11.1. The Morgan fingerprint density at radius 1 is 1.10 bits per heavy atom. The highest BCUT2D eigenvalue weighted by Crippen LogP contribution is 2.37. The maximum absolute atomic E-state index is 11.1.